The monoisotopic (exact) mass is 196 g/mol. The lowest BCUT2D eigenvalue weighted by Gasteiger charge is -2.32. The molecular formula is C10H16N2O2. The van der Waals surface area contributed by atoms with Gasteiger partial charge in [0.05, 0.1) is 6.10 Å². The first-order chi connectivity index (χ1) is 6.75. The van der Waals surface area contributed by atoms with E-state index >= 15 is 0 Å². The van der Waals surface area contributed by atoms with Crippen LogP contribution in [0.3, 0.4) is 0 Å². The molecule has 0 unspecified atom stereocenters. The molecule has 4 nitrogen and oxygen atoms in total. The van der Waals surface area contributed by atoms with Gasteiger partial charge in [0.25, 0.3) is 0 Å². The SMILES string of the molecule is O=C(NC1CC(O)C1)C1=CCNCC1. The average Bonchev–Trinajstić information content (AvgIpc) is 2.17. The molecular weight excluding hydrogens is 180 g/mol. The number of aliphatic hydroxyl groups is 1. The highest BCUT2D eigenvalue weighted by Crippen LogP contribution is 2.20. The zero-order valence-corrected chi connectivity index (χ0v) is 8.12. The summed E-state index contributed by atoms with van der Waals surface area (Å²) in [5.41, 5.74) is 0.880. The zero-order valence-electron chi connectivity index (χ0n) is 8.12. The van der Waals surface area contributed by atoms with E-state index in [0.717, 1.165) is 25.1 Å². The smallest absolute Gasteiger partial charge is 0.247 e. The van der Waals surface area contributed by atoms with Crippen LogP contribution >= 0.6 is 0 Å². The van der Waals surface area contributed by atoms with Gasteiger partial charge in [0.1, 0.15) is 0 Å². The molecule has 1 amide bonds. The third kappa shape index (κ3) is 2.13. The molecule has 0 atom stereocenters. The molecule has 0 radical (unpaired) electrons. The maximum Gasteiger partial charge on any atom is 0.247 e. The number of nitrogens with one attached hydrogen (secondary N) is 2. The Labute approximate surface area is 83.4 Å². The van der Waals surface area contributed by atoms with Crippen molar-refractivity contribution in [2.75, 3.05) is 13.1 Å². The van der Waals surface area contributed by atoms with Crippen molar-refractivity contribution in [1.29, 1.82) is 0 Å². The molecule has 4 heteroatoms. The highest BCUT2D eigenvalue weighted by atomic mass is 16.3. The second kappa shape index (κ2) is 4.11. The molecule has 0 saturated heterocycles. The van der Waals surface area contributed by atoms with E-state index in [1.807, 2.05) is 6.08 Å². The Morgan fingerprint density at radius 2 is 2.36 bits per heavy atom. The molecule has 0 bridgehead atoms. The van der Waals surface area contributed by atoms with Gasteiger partial charge in [-0.2, -0.15) is 0 Å². The Morgan fingerprint density at radius 3 is 2.93 bits per heavy atom. The van der Waals surface area contributed by atoms with E-state index in [2.05, 4.69) is 10.6 Å². The summed E-state index contributed by atoms with van der Waals surface area (Å²) in [7, 11) is 0. The molecule has 3 N–H and O–H groups in total. The Balaban J connectivity index is 1.80. The Bertz CT molecular complexity index is 257. The van der Waals surface area contributed by atoms with Gasteiger partial charge in [0.15, 0.2) is 0 Å². The van der Waals surface area contributed by atoms with Crippen molar-refractivity contribution in [3.63, 3.8) is 0 Å². The van der Waals surface area contributed by atoms with Crippen molar-refractivity contribution in [3.8, 4) is 0 Å². The van der Waals surface area contributed by atoms with Crippen LogP contribution in [0.4, 0.5) is 0 Å². The molecule has 1 fully saturated rings. The van der Waals surface area contributed by atoms with Crippen LogP contribution in [0, 0.1) is 0 Å². The maximum atomic E-state index is 11.6. The topological polar surface area (TPSA) is 61.4 Å². The molecule has 78 valence electrons. The van der Waals surface area contributed by atoms with Crippen molar-refractivity contribution in [2.24, 2.45) is 0 Å². The van der Waals surface area contributed by atoms with Crippen molar-refractivity contribution in [3.05, 3.63) is 11.6 Å². The van der Waals surface area contributed by atoms with Crippen LogP contribution in [0.2, 0.25) is 0 Å². The van der Waals surface area contributed by atoms with Gasteiger partial charge in [-0.3, -0.25) is 4.79 Å². The normalized spacial score (nSPS) is 31.6. The van der Waals surface area contributed by atoms with Crippen molar-refractivity contribution >= 4 is 5.91 Å². The quantitative estimate of drug-likeness (QED) is 0.560. The maximum absolute atomic E-state index is 11.6. The Kier molecular flexibility index (Phi) is 2.84. The number of rotatable bonds is 2. The number of carbonyl (C=O) groups excluding carboxylic acids is 1. The summed E-state index contributed by atoms with van der Waals surface area (Å²) < 4.78 is 0. The lowest BCUT2D eigenvalue weighted by molar-refractivity contribution is -0.119. The molecule has 2 rings (SSSR count). The van der Waals surface area contributed by atoms with E-state index in [-0.39, 0.29) is 18.1 Å². The van der Waals surface area contributed by atoms with Gasteiger partial charge in [-0.1, -0.05) is 6.08 Å². The van der Waals surface area contributed by atoms with E-state index < -0.39 is 0 Å². The first kappa shape index (κ1) is 9.68. The van der Waals surface area contributed by atoms with E-state index in [4.69, 9.17) is 5.11 Å². The lowest BCUT2D eigenvalue weighted by atomic mass is 9.89. The molecule has 0 spiro atoms. The zero-order chi connectivity index (χ0) is 9.97. The van der Waals surface area contributed by atoms with Gasteiger partial charge in [-0.15, -0.1) is 0 Å². The number of hydrogen-bond acceptors (Lipinski definition) is 3. The largest absolute Gasteiger partial charge is 0.393 e. The van der Waals surface area contributed by atoms with Crippen LogP contribution in [-0.4, -0.2) is 36.2 Å². The fourth-order valence-corrected chi connectivity index (χ4v) is 1.81. The number of carbonyl (C=O) groups is 1. The summed E-state index contributed by atoms with van der Waals surface area (Å²) in [5.74, 6) is 0.0448. The predicted octanol–water partition coefficient (Wildman–Crippen LogP) is -0.454. The van der Waals surface area contributed by atoms with E-state index in [1.165, 1.54) is 0 Å². The molecule has 0 aromatic rings. The van der Waals surface area contributed by atoms with Crippen LogP contribution in [0.5, 0.6) is 0 Å². The third-order valence-electron chi connectivity index (χ3n) is 2.80. The van der Waals surface area contributed by atoms with Gasteiger partial charge in [0.2, 0.25) is 5.91 Å². The molecule has 2 aliphatic rings. The molecule has 1 heterocycles. The summed E-state index contributed by atoms with van der Waals surface area (Å²) in [5, 5.41) is 15.1. The third-order valence-corrected chi connectivity index (χ3v) is 2.80. The second-order valence-electron chi connectivity index (χ2n) is 3.98. The lowest BCUT2D eigenvalue weighted by Crippen LogP contribution is -2.47. The molecule has 14 heavy (non-hydrogen) atoms. The number of aliphatic hydroxyl groups excluding tert-OH is 1. The highest BCUT2D eigenvalue weighted by molar-refractivity contribution is 5.93. The van der Waals surface area contributed by atoms with Crippen LogP contribution in [0.1, 0.15) is 19.3 Å². The van der Waals surface area contributed by atoms with Gasteiger partial charge < -0.3 is 15.7 Å². The van der Waals surface area contributed by atoms with Crippen LogP contribution in [0.15, 0.2) is 11.6 Å². The summed E-state index contributed by atoms with van der Waals surface area (Å²) >= 11 is 0. The minimum Gasteiger partial charge on any atom is -0.393 e. The molecule has 0 aromatic carbocycles. The van der Waals surface area contributed by atoms with Gasteiger partial charge in [0, 0.05) is 18.2 Å². The number of hydrogen-bond donors (Lipinski definition) is 3. The average molecular weight is 196 g/mol. The van der Waals surface area contributed by atoms with Crippen LogP contribution in [-0.2, 0) is 4.79 Å². The minimum atomic E-state index is -0.206. The molecule has 1 saturated carbocycles. The first-order valence-corrected chi connectivity index (χ1v) is 5.14. The van der Waals surface area contributed by atoms with Crippen molar-refractivity contribution in [1.82, 2.24) is 10.6 Å². The van der Waals surface area contributed by atoms with Crippen LogP contribution in [0.25, 0.3) is 0 Å². The molecule has 1 aliphatic carbocycles. The summed E-state index contributed by atoms with van der Waals surface area (Å²) in [6, 6.07) is 0.188. The standard InChI is InChI=1S/C10H16N2O2/c13-9-5-8(6-9)12-10(14)7-1-3-11-4-2-7/h1,8-9,11,13H,2-6H2,(H,12,14). The summed E-state index contributed by atoms with van der Waals surface area (Å²) in [6.45, 7) is 1.67. The minimum absolute atomic E-state index is 0.0448. The molecule has 1 aliphatic heterocycles. The van der Waals surface area contributed by atoms with Crippen LogP contribution < -0.4 is 10.6 Å². The summed E-state index contributed by atoms with van der Waals surface area (Å²) in [4.78, 5) is 11.6. The summed E-state index contributed by atoms with van der Waals surface area (Å²) in [6.07, 6.45) is 3.95. The van der Waals surface area contributed by atoms with E-state index in [9.17, 15) is 4.79 Å². The predicted molar refractivity (Wildman–Crippen MR) is 52.7 cm³/mol. The Morgan fingerprint density at radius 1 is 1.57 bits per heavy atom. The van der Waals surface area contributed by atoms with Crippen molar-refractivity contribution in [2.45, 2.75) is 31.4 Å². The van der Waals surface area contributed by atoms with Gasteiger partial charge >= 0.3 is 0 Å². The van der Waals surface area contributed by atoms with E-state index in [1.54, 1.807) is 0 Å². The Hall–Kier alpha value is -0.870. The fraction of sp³-hybridized carbons (Fsp3) is 0.700. The fourth-order valence-electron chi connectivity index (χ4n) is 1.81. The second-order valence-corrected chi connectivity index (χ2v) is 3.98. The highest BCUT2D eigenvalue weighted by Gasteiger charge is 2.29. The van der Waals surface area contributed by atoms with Crippen molar-refractivity contribution < 1.29 is 9.90 Å². The first-order valence-electron chi connectivity index (χ1n) is 5.14. The molecule has 0 aromatic heterocycles. The number of amides is 1. The van der Waals surface area contributed by atoms with E-state index in [0.29, 0.717) is 12.8 Å². The van der Waals surface area contributed by atoms with Gasteiger partial charge in [-0.25, -0.2) is 0 Å². The van der Waals surface area contributed by atoms with Gasteiger partial charge in [-0.05, 0) is 25.8 Å².